The third-order valence-corrected chi connectivity index (χ3v) is 4.06. The molecule has 1 amide bonds. The summed E-state index contributed by atoms with van der Waals surface area (Å²) in [5.41, 5.74) is -0.444. The van der Waals surface area contributed by atoms with Gasteiger partial charge in [-0.1, -0.05) is 12.8 Å². The van der Waals surface area contributed by atoms with Gasteiger partial charge in [-0.05, 0) is 18.3 Å². The summed E-state index contributed by atoms with van der Waals surface area (Å²) in [5.74, 6) is -1.01. The van der Waals surface area contributed by atoms with E-state index in [-0.39, 0.29) is 31.6 Å². The van der Waals surface area contributed by atoms with Crippen molar-refractivity contribution in [1.82, 2.24) is 4.90 Å². The molecule has 0 aromatic heterocycles. The topological polar surface area (TPSA) is 105 Å². The van der Waals surface area contributed by atoms with Gasteiger partial charge in [-0.3, -0.25) is 9.59 Å². The number of hydrogen-bond donors (Lipinski definition) is 1. The molecule has 6 heteroatoms. The zero-order valence-corrected chi connectivity index (χ0v) is 12.2. The maximum Gasteiger partial charge on any atom is 0.303 e. The van der Waals surface area contributed by atoms with Gasteiger partial charge in [-0.15, -0.1) is 0 Å². The maximum atomic E-state index is 12.4. The first kappa shape index (κ1) is 17.0. The van der Waals surface area contributed by atoms with Gasteiger partial charge < -0.3 is 10.0 Å². The molecule has 0 saturated heterocycles. The molecule has 114 valence electrons. The number of nitrogens with zero attached hydrogens (tertiary/aromatic N) is 3. The minimum Gasteiger partial charge on any atom is -0.481 e. The van der Waals surface area contributed by atoms with Crippen LogP contribution < -0.4 is 0 Å². The molecule has 1 rings (SSSR count). The number of hydrogen-bond acceptors (Lipinski definition) is 4. The van der Waals surface area contributed by atoms with Crippen molar-refractivity contribution in [3.05, 3.63) is 0 Å². The highest BCUT2D eigenvalue weighted by atomic mass is 16.4. The minimum absolute atomic E-state index is 0.0169. The standard InChI is InChI=1S/C15H21N3O3/c16-7-3-9-18(10-4-8-17)13(19)11-15(12-14(20)21)5-1-2-6-15/h1-6,9-12H2,(H,20,21). The molecule has 0 heterocycles. The zero-order valence-electron chi connectivity index (χ0n) is 12.2. The van der Waals surface area contributed by atoms with Crippen LogP contribution in [0.4, 0.5) is 0 Å². The van der Waals surface area contributed by atoms with Gasteiger partial charge >= 0.3 is 5.97 Å². The Morgan fingerprint density at radius 1 is 1.05 bits per heavy atom. The van der Waals surface area contributed by atoms with Gasteiger partial charge in [0, 0.05) is 19.5 Å². The van der Waals surface area contributed by atoms with Gasteiger partial charge in [0.15, 0.2) is 0 Å². The molecule has 1 saturated carbocycles. The SMILES string of the molecule is N#CCCN(CCC#N)C(=O)CC1(CC(=O)O)CCCC1. The number of rotatable bonds is 8. The fourth-order valence-electron chi connectivity index (χ4n) is 3.03. The first-order valence-electron chi connectivity index (χ1n) is 7.26. The molecule has 0 spiro atoms. The monoisotopic (exact) mass is 291 g/mol. The molecule has 0 aromatic rings. The van der Waals surface area contributed by atoms with Crippen LogP contribution in [0.1, 0.15) is 51.4 Å². The molecule has 0 atom stereocenters. The largest absolute Gasteiger partial charge is 0.481 e. The average Bonchev–Trinajstić information content (AvgIpc) is 2.86. The van der Waals surface area contributed by atoms with E-state index < -0.39 is 11.4 Å². The molecule has 1 fully saturated rings. The average molecular weight is 291 g/mol. The molecule has 0 radical (unpaired) electrons. The number of aliphatic carboxylic acids is 1. The molecule has 0 unspecified atom stereocenters. The molecule has 21 heavy (non-hydrogen) atoms. The summed E-state index contributed by atoms with van der Waals surface area (Å²) in [6.45, 7) is 0.611. The quantitative estimate of drug-likeness (QED) is 0.737. The normalized spacial score (nSPS) is 15.9. The lowest BCUT2D eigenvalue weighted by Gasteiger charge is -2.30. The van der Waals surface area contributed by atoms with Crippen LogP contribution in [0.25, 0.3) is 0 Å². The van der Waals surface area contributed by atoms with Crippen molar-refractivity contribution in [2.75, 3.05) is 13.1 Å². The fourth-order valence-corrected chi connectivity index (χ4v) is 3.03. The molecule has 0 bridgehead atoms. The summed E-state index contributed by atoms with van der Waals surface area (Å²) in [7, 11) is 0. The highest BCUT2D eigenvalue weighted by Gasteiger charge is 2.38. The van der Waals surface area contributed by atoms with E-state index in [0.29, 0.717) is 13.1 Å². The van der Waals surface area contributed by atoms with Gasteiger partial charge in [0.1, 0.15) is 0 Å². The smallest absolute Gasteiger partial charge is 0.303 e. The molecule has 1 aliphatic rings. The van der Waals surface area contributed by atoms with Gasteiger partial charge in [0.25, 0.3) is 0 Å². The van der Waals surface area contributed by atoms with Crippen molar-refractivity contribution in [2.24, 2.45) is 5.41 Å². The second-order valence-corrected chi connectivity index (χ2v) is 5.65. The number of carbonyl (C=O) groups excluding carboxylic acids is 1. The maximum absolute atomic E-state index is 12.4. The number of nitriles is 2. The van der Waals surface area contributed by atoms with Gasteiger partial charge in [0.2, 0.25) is 5.91 Å². The second-order valence-electron chi connectivity index (χ2n) is 5.65. The van der Waals surface area contributed by atoms with Crippen LogP contribution in [0, 0.1) is 28.1 Å². The van der Waals surface area contributed by atoms with Gasteiger partial charge in [0.05, 0.1) is 31.4 Å². The molecule has 0 aromatic carbocycles. The predicted molar refractivity (Wildman–Crippen MR) is 74.8 cm³/mol. The lowest BCUT2D eigenvalue weighted by Crippen LogP contribution is -2.37. The third-order valence-electron chi connectivity index (χ3n) is 4.06. The Morgan fingerprint density at radius 3 is 2.00 bits per heavy atom. The van der Waals surface area contributed by atoms with Crippen LogP contribution in [0.2, 0.25) is 0 Å². The number of carboxylic acid groups (broad SMARTS) is 1. The molecular weight excluding hydrogens is 270 g/mol. The Labute approximate surface area is 125 Å². The Bertz CT molecular complexity index is 438. The van der Waals surface area contributed by atoms with E-state index in [1.54, 1.807) is 0 Å². The number of carboxylic acids is 1. The van der Waals surface area contributed by atoms with Crippen molar-refractivity contribution in [1.29, 1.82) is 10.5 Å². The van der Waals surface area contributed by atoms with E-state index in [1.165, 1.54) is 4.90 Å². The van der Waals surface area contributed by atoms with Crippen molar-refractivity contribution in [2.45, 2.75) is 51.4 Å². The Morgan fingerprint density at radius 2 is 1.57 bits per heavy atom. The molecular formula is C15H21N3O3. The van der Waals surface area contributed by atoms with Crippen molar-refractivity contribution >= 4 is 11.9 Å². The van der Waals surface area contributed by atoms with E-state index in [9.17, 15) is 9.59 Å². The lowest BCUT2D eigenvalue weighted by molar-refractivity contribution is -0.141. The van der Waals surface area contributed by atoms with Gasteiger partial charge in [-0.25, -0.2) is 0 Å². The minimum atomic E-state index is -0.870. The van der Waals surface area contributed by atoms with Gasteiger partial charge in [-0.2, -0.15) is 10.5 Å². The lowest BCUT2D eigenvalue weighted by atomic mass is 9.79. The molecule has 6 nitrogen and oxygen atoms in total. The highest BCUT2D eigenvalue weighted by molar-refractivity contribution is 5.78. The van der Waals surface area contributed by atoms with E-state index in [4.69, 9.17) is 15.6 Å². The van der Waals surface area contributed by atoms with Crippen LogP contribution in [-0.2, 0) is 9.59 Å². The Balaban J connectivity index is 2.70. The van der Waals surface area contributed by atoms with Crippen molar-refractivity contribution < 1.29 is 14.7 Å². The summed E-state index contributed by atoms with van der Waals surface area (Å²) < 4.78 is 0. The van der Waals surface area contributed by atoms with Crippen LogP contribution in [0.3, 0.4) is 0 Å². The Hall–Kier alpha value is -2.08. The first-order valence-corrected chi connectivity index (χ1v) is 7.26. The number of amides is 1. The molecule has 1 aliphatic carbocycles. The van der Waals surface area contributed by atoms with Crippen LogP contribution in [0.15, 0.2) is 0 Å². The van der Waals surface area contributed by atoms with Crippen molar-refractivity contribution in [3.8, 4) is 12.1 Å². The summed E-state index contributed by atoms with van der Waals surface area (Å²) in [6, 6.07) is 3.99. The van der Waals surface area contributed by atoms with Crippen LogP contribution in [-0.4, -0.2) is 35.0 Å². The highest BCUT2D eigenvalue weighted by Crippen LogP contribution is 2.44. The van der Waals surface area contributed by atoms with Crippen molar-refractivity contribution in [3.63, 3.8) is 0 Å². The summed E-state index contributed by atoms with van der Waals surface area (Å²) in [6.07, 6.45) is 4.10. The third kappa shape index (κ3) is 5.43. The molecule has 1 N–H and O–H groups in total. The zero-order chi connectivity index (χ0) is 15.7. The molecule has 0 aliphatic heterocycles. The summed E-state index contributed by atoms with van der Waals surface area (Å²) in [4.78, 5) is 25.0. The van der Waals surface area contributed by atoms with E-state index >= 15 is 0 Å². The van der Waals surface area contributed by atoms with E-state index in [2.05, 4.69) is 0 Å². The first-order chi connectivity index (χ1) is 10.0. The Kier molecular flexibility index (Phi) is 6.68. The summed E-state index contributed by atoms with van der Waals surface area (Å²) in [5, 5.41) is 26.4. The predicted octanol–water partition coefficient (Wildman–Crippen LogP) is 2.07. The fraction of sp³-hybridized carbons (Fsp3) is 0.733. The summed E-state index contributed by atoms with van der Waals surface area (Å²) >= 11 is 0. The second kappa shape index (κ2) is 8.26. The van der Waals surface area contributed by atoms with E-state index in [0.717, 1.165) is 25.7 Å². The number of carbonyl (C=O) groups is 2. The van der Waals surface area contributed by atoms with E-state index in [1.807, 2.05) is 12.1 Å². The van der Waals surface area contributed by atoms with Crippen LogP contribution in [0.5, 0.6) is 0 Å². The van der Waals surface area contributed by atoms with Crippen LogP contribution >= 0.6 is 0 Å².